The van der Waals surface area contributed by atoms with Crippen LogP contribution in [0.25, 0.3) is 0 Å². The van der Waals surface area contributed by atoms with Gasteiger partial charge in [0.2, 0.25) is 11.8 Å². The number of nitrogens with zero attached hydrogens (tertiary/aromatic N) is 1. The zero-order valence-corrected chi connectivity index (χ0v) is 11.1. The second kappa shape index (κ2) is 5.90. The monoisotopic (exact) mass is 268 g/mol. The van der Waals surface area contributed by atoms with Crippen molar-refractivity contribution in [2.45, 2.75) is 25.8 Å². The van der Waals surface area contributed by atoms with Crippen molar-refractivity contribution in [3.05, 3.63) is 0 Å². The quantitative estimate of drug-likeness (QED) is 0.600. The number of carbonyl (C=O) groups is 3. The zero-order valence-electron chi connectivity index (χ0n) is 11.1. The largest absolute Gasteiger partial charge is 0.354 e. The topological polar surface area (TPSA) is 90.5 Å². The van der Waals surface area contributed by atoms with E-state index in [2.05, 4.69) is 16.0 Å². The Morgan fingerprint density at radius 3 is 2.89 bits per heavy atom. The molecule has 0 aromatic heterocycles. The molecule has 0 bridgehead atoms. The number of rotatable bonds is 5. The van der Waals surface area contributed by atoms with Crippen LogP contribution in [-0.4, -0.2) is 55.0 Å². The normalized spacial score (nSPS) is 24.1. The minimum atomic E-state index is -0.492. The van der Waals surface area contributed by atoms with E-state index >= 15 is 0 Å². The molecule has 106 valence electrons. The summed E-state index contributed by atoms with van der Waals surface area (Å²) in [5.74, 6) is 0.222. The summed E-state index contributed by atoms with van der Waals surface area (Å²) in [7, 11) is 0. The Hall–Kier alpha value is -1.79. The maximum atomic E-state index is 11.8. The van der Waals surface area contributed by atoms with Crippen LogP contribution in [0.15, 0.2) is 0 Å². The van der Waals surface area contributed by atoms with E-state index in [0.717, 1.165) is 13.0 Å². The fraction of sp³-hybridized carbons (Fsp3) is 0.750. The lowest BCUT2D eigenvalue weighted by Crippen LogP contribution is -2.45. The fourth-order valence-corrected chi connectivity index (χ4v) is 2.35. The Bertz CT molecular complexity index is 385. The van der Waals surface area contributed by atoms with E-state index in [4.69, 9.17) is 0 Å². The van der Waals surface area contributed by atoms with Crippen LogP contribution >= 0.6 is 0 Å². The number of nitrogens with one attached hydrogen (secondary N) is 3. The van der Waals surface area contributed by atoms with Gasteiger partial charge in [0.05, 0.1) is 0 Å². The van der Waals surface area contributed by atoms with Gasteiger partial charge in [-0.2, -0.15) is 0 Å². The van der Waals surface area contributed by atoms with Gasteiger partial charge in [0, 0.05) is 32.6 Å². The van der Waals surface area contributed by atoms with Crippen LogP contribution in [-0.2, 0) is 9.59 Å². The van der Waals surface area contributed by atoms with E-state index in [0.29, 0.717) is 26.1 Å². The molecule has 0 radical (unpaired) electrons. The summed E-state index contributed by atoms with van der Waals surface area (Å²) in [4.78, 5) is 36.0. The van der Waals surface area contributed by atoms with Crippen molar-refractivity contribution in [1.82, 2.24) is 20.9 Å². The van der Waals surface area contributed by atoms with Gasteiger partial charge in [0.25, 0.3) is 0 Å². The van der Waals surface area contributed by atoms with E-state index in [1.165, 1.54) is 0 Å². The molecule has 7 nitrogen and oxygen atoms in total. The van der Waals surface area contributed by atoms with Crippen LogP contribution in [0.5, 0.6) is 0 Å². The molecule has 2 rings (SSSR count). The molecule has 4 amide bonds. The molecule has 3 N–H and O–H groups in total. The van der Waals surface area contributed by atoms with Crippen molar-refractivity contribution in [3.8, 4) is 0 Å². The molecule has 2 atom stereocenters. The summed E-state index contributed by atoms with van der Waals surface area (Å²) >= 11 is 0. The van der Waals surface area contributed by atoms with E-state index < -0.39 is 6.04 Å². The predicted molar refractivity (Wildman–Crippen MR) is 68.3 cm³/mol. The molecular formula is C12H20N4O3. The smallest absolute Gasteiger partial charge is 0.315 e. The lowest BCUT2D eigenvalue weighted by molar-refractivity contribution is -0.128. The highest BCUT2D eigenvalue weighted by Gasteiger charge is 2.27. The van der Waals surface area contributed by atoms with Gasteiger partial charge in [0.15, 0.2) is 0 Å². The van der Waals surface area contributed by atoms with E-state index in [-0.39, 0.29) is 23.8 Å². The highest BCUT2D eigenvalue weighted by Crippen LogP contribution is 2.11. The first kappa shape index (κ1) is 13.6. The summed E-state index contributed by atoms with van der Waals surface area (Å²) in [5, 5.41) is 7.87. The molecule has 0 aromatic carbocycles. The molecular weight excluding hydrogens is 248 g/mol. The number of amides is 4. The first-order valence-corrected chi connectivity index (χ1v) is 6.66. The molecule has 2 saturated heterocycles. The summed E-state index contributed by atoms with van der Waals surface area (Å²) < 4.78 is 0. The lowest BCUT2D eigenvalue weighted by Gasteiger charge is -2.21. The molecule has 0 aromatic rings. The average Bonchev–Trinajstić information content (AvgIpc) is 2.96. The van der Waals surface area contributed by atoms with Crippen LogP contribution in [0.3, 0.4) is 0 Å². The highest BCUT2D eigenvalue weighted by atomic mass is 16.2. The molecule has 0 unspecified atom stereocenters. The molecule has 19 heavy (non-hydrogen) atoms. The second-order valence-corrected chi connectivity index (χ2v) is 5.20. The minimum absolute atomic E-state index is 0.182. The molecule has 2 aliphatic rings. The highest BCUT2D eigenvalue weighted by molar-refractivity contribution is 5.90. The van der Waals surface area contributed by atoms with Crippen molar-refractivity contribution in [2.75, 3.05) is 26.2 Å². The number of likely N-dealkylation sites (tertiary alicyclic amines) is 1. The Morgan fingerprint density at radius 1 is 1.53 bits per heavy atom. The Balaban J connectivity index is 1.68. The van der Waals surface area contributed by atoms with Crippen LogP contribution < -0.4 is 16.0 Å². The lowest BCUT2D eigenvalue weighted by atomic mass is 10.1. The summed E-state index contributed by atoms with van der Waals surface area (Å²) in [6, 6.07) is -0.802. The summed E-state index contributed by atoms with van der Waals surface area (Å²) in [6.07, 6.45) is 1.57. The SMILES string of the molecule is C[C@@H](CNC(=O)[C@H]1CNC(=O)N1)CN1CCCC1=O. The maximum absolute atomic E-state index is 11.8. The minimum Gasteiger partial charge on any atom is -0.354 e. The van der Waals surface area contributed by atoms with Gasteiger partial charge in [-0.05, 0) is 12.3 Å². The number of carbonyl (C=O) groups excluding carboxylic acids is 3. The van der Waals surface area contributed by atoms with E-state index in [1.54, 1.807) is 0 Å². The molecule has 2 fully saturated rings. The average molecular weight is 268 g/mol. The van der Waals surface area contributed by atoms with Crippen molar-refractivity contribution in [3.63, 3.8) is 0 Å². The van der Waals surface area contributed by atoms with Gasteiger partial charge >= 0.3 is 6.03 Å². The van der Waals surface area contributed by atoms with Crippen LogP contribution in [0.2, 0.25) is 0 Å². The van der Waals surface area contributed by atoms with Gasteiger partial charge in [-0.25, -0.2) is 4.79 Å². The van der Waals surface area contributed by atoms with Gasteiger partial charge < -0.3 is 20.9 Å². The second-order valence-electron chi connectivity index (χ2n) is 5.20. The molecule has 0 aliphatic carbocycles. The number of hydrogen-bond acceptors (Lipinski definition) is 3. The van der Waals surface area contributed by atoms with Crippen molar-refractivity contribution >= 4 is 17.8 Å². The number of urea groups is 1. The third kappa shape index (κ3) is 3.59. The molecule has 2 heterocycles. The Kier molecular flexibility index (Phi) is 4.24. The van der Waals surface area contributed by atoms with Gasteiger partial charge in [0.1, 0.15) is 6.04 Å². The fourth-order valence-electron chi connectivity index (χ4n) is 2.35. The Morgan fingerprint density at radius 2 is 2.32 bits per heavy atom. The molecule has 0 spiro atoms. The van der Waals surface area contributed by atoms with E-state index in [9.17, 15) is 14.4 Å². The van der Waals surface area contributed by atoms with Crippen molar-refractivity contribution in [2.24, 2.45) is 5.92 Å². The standard InChI is InChI=1S/C12H20N4O3/c1-8(7-16-4-2-3-10(16)17)5-13-11(18)9-6-14-12(19)15-9/h8-9H,2-7H2,1H3,(H,13,18)(H2,14,15,19)/t8-,9+/m0/s1. The van der Waals surface area contributed by atoms with E-state index in [1.807, 2.05) is 11.8 Å². The maximum Gasteiger partial charge on any atom is 0.315 e. The van der Waals surface area contributed by atoms with Crippen LogP contribution in [0, 0.1) is 5.92 Å². The predicted octanol–water partition coefficient (Wildman–Crippen LogP) is -0.957. The first-order valence-electron chi connectivity index (χ1n) is 6.66. The number of hydrogen-bond donors (Lipinski definition) is 3. The van der Waals surface area contributed by atoms with Gasteiger partial charge in [-0.3, -0.25) is 9.59 Å². The van der Waals surface area contributed by atoms with Crippen LogP contribution in [0.4, 0.5) is 4.79 Å². The zero-order chi connectivity index (χ0) is 13.8. The van der Waals surface area contributed by atoms with Gasteiger partial charge in [-0.1, -0.05) is 6.92 Å². The summed E-state index contributed by atoms with van der Waals surface area (Å²) in [5.41, 5.74) is 0. The molecule has 7 heteroatoms. The van der Waals surface area contributed by atoms with Crippen LogP contribution in [0.1, 0.15) is 19.8 Å². The Labute approximate surface area is 112 Å². The summed E-state index contributed by atoms with van der Waals surface area (Å²) in [6.45, 7) is 4.32. The van der Waals surface area contributed by atoms with Crippen molar-refractivity contribution in [1.29, 1.82) is 0 Å². The first-order chi connectivity index (χ1) is 9.06. The molecule has 2 aliphatic heterocycles. The third-order valence-electron chi connectivity index (χ3n) is 3.42. The third-order valence-corrected chi connectivity index (χ3v) is 3.42. The van der Waals surface area contributed by atoms with Crippen molar-refractivity contribution < 1.29 is 14.4 Å². The molecule has 0 saturated carbocycles. The van der Waals surface area contributed by atoms with Gasteiger partial charge in [-0.15, -0.1) is 0 Å².